The number of benzene rings is 1. The van der Waals surface area contributed by atoms with Crippen LogP contribution >= 0.6 is 11.6 Å². The van der Waals surface area contributed by atoms with Crippen LogP contribution in [-0.2, 0) is 19.6 Å². The molecule has 2 rings (SSSR count). The van der Waals surface area contributed by atoms with E-state index in [0.717, 1.165) is 17.1 Å². The molecule has 0 saturated carbocycles. The maximum Gasteiger partial charge on any atom is 0.321 e. The van der Waals surface area contributed by atoms with Crippen molar-refractivity contribution < 1.29 is 17.9 Å². The Hall–Kier alpha value is -1.37. The van der Waals surface area contributed by atoms with Gasteiger partial charge in [-0.25, -0.2) is 8.42 Å². The van der Waals surface area contributed by atoms with Crippen molar-refractivity contribution >= 4 is 27.6 Å². The number of carbonyl (C=O) groups is 1. The lowest BCUT2D eigenvalue weighted by Crippen LogP contribution is -2.34. The maximum atomic E-state index is 12.4. The van der Waals surface area contributed by atoms with Crippen LogP contribution in [0.2, 0.25) is 5.02 Å². The number of esters is 1. The van der Waals surface area contributed by atoms with Crippen molar-refractivity contribution in [3.63, 3.8) is 0 Å². The van der Waals surface area contributed by atoms with Gasteiger partial charge < -0.3 is 4.74 Å². The van der Waals surface area contributed by atoms with Crippen LogP contribution in [0.4, 0.5) is 0 Å². The molecule has 7 heteroatoms. The lowest BCUT2D eigenvalue weighted by Gasteiger charge is -2.25. The van der Waals surface area contributed by atoms with E-state index < -0.39 is 16.0 Å². The Morgan fingerprint density at radius 2 is 1.88 bits per heavy atom. The van der Waals surface area contributed by atoms with Crippen LogP contribution in [0, 0.1) is 11.8 Å². The summed E-state index contributed by atoms with van der Waals surface area (Å²) in [4.78, 5) is 12.1. The molecular weight excluding hydrogens is 350 g/mol. The van der Waals surface area contributed by atoms with Crippen molar-refractivity contribution in [1.82, 2.24) is 4.31 Å². The summed E-state index contributed by atoms with van der Waals surface area (Å²) in [6, 6.07) is 5.82. The predicted molar refractivity (Wildman–Crippen MR) is 93.3 cm³/mol. The Bertz CT molecular complexity index is 700. The van der Waals surface area contributed by atoms with Gasteiger partial charge in [-0.2, -0.15) is 4.31 Å². The molecule has 2 unspecified atom stereocenters. The Morgan fingerprint density at radius 3 is 2.50 bits per heavy atom. The second kappa shape index (κ2) is 8.14. The quantitative estimate of drug-likeness (QED) is 0.569. The first-order valence-electron chi connectivity index (χ1n) is 7.83. The van der Waals surface area contributed by atoms with Gasteiger partial charge in [0.1, 0.15) is 6.54 Å². The third-order valence-electron chi connectivity index (χ3n) is 4.25. The number of rotatable bonds is 6. The maximum absolute atomic E-state index is 12.4. The number of carbonyl (C=O) groups excluding carboxylic acids is 1. The molecule has 1 aromatic rings. The third kappa shape index (κ3) is 4.82. The van der Waals surface area contributed by atoms with Crippen molar-refractivity contribution in [3.8, 4) is 0 Å². The summed E-state index contributed by atoms with van der Waals surface area (Å²) in [6.45, 7) is 2.13. The van der Waals surface area contributed by atoms with Crippen molar-refractivity contribution in [3.05, 3.63) is 41.4 Å². The molecule has 0 saturated heterocycles. The molecule has 0 bridgehead atoms. The predicted octanol–water partition coefficient (Wildman–Crippen LogP) is 3.11. The first kappa shape index (κ1) is 19.0. The second-order valence-corrected chi connectivity index (χ2v) is 8.56. The lowest BCUT2D eigenvalue weighted by molar-refractivity contribution is -0.145. The van der Waals surface area contributed by atoms with Crippen LogP contribution in [0.1, 0.15) is 19.8 Å². The Kier molecular flexibility index (Phi) is 6.43. The zero-order valence-corrected chi connectivity index (χ0v) is 15.4. The van der Waals surface area contributed by atoms with E-state index in [1.165, 1.54) is 31.3 Å². The number of nitrogens with zero attached hydrogens (tertiary/aromatic N) is 1. The first-order chi connectivity index (χ1) is 11.3. The van der Waals surface area contributed by atoms with Crippen molar-refractivity contribution in [2.45, 2.75) is 24.7 Å². The van der Waals surface area contributed by atoms with E-state index in [2.05, 4.69) is 19.1 Å². The average Bonchev–Trinajstić information content (AvgIpc) is 2.54. The molecular formula is C17H22ClNO4S. The first-order valence-corrected chi connectivity index (χ1v) is 9.65. The molecule has 5 nitrogen and oxygen atoms in total. The van der Waals surface area contributed by atoms with Gasteiger partial charge in [-0.05, 0) is 48.9 Å². The zero-order valence-electron chi connectivity index (χ0n) is 13.8. The van der Waals surface area contributed by atoms with Gasteiger partial charge in [-0.3, -0.25) is 4.79 Å². The minimum absolute atomic E-state index is 0.0910. The van der Waals surface area contributed by atoms with Crippen LogP contribution in [0.25, 0.3) is 0 Å². The highest BCUT2D eigenvalue weighted by molar-refractivity contribution is 7.89. The van der Waals surface area contributed by atoms with Gasteiger partial charge >= 0.3 is 5.97 Å². The number of likely N-dealkylation sites (N-methyl/N-ethyl adjacent to an activating group) is 1. The largest absolute Gasteiger partial charge is 0.464 e. The summed E-state index contributed by atoms with van der Waals surface area (Å²) in [7, 11) is -2.38. The minimum Gasteiger partial charge on any atom is -0.464 e. The van der Waals surface area contributed by atoms with Crippen molar-refractivity contribution in [1.29, 1.82) is 0 Å². The van der Waals surface area contributed by atoms with Gasteiger partial charge in [0.25, 0.3) is 0 Å². The highest BCUT2D eigenvalue weighted by Crippen LogP contribution is 2.25. The molecule has 1 aliphatic rings. The highest BCUT2D eigenvalue weighted by Gasteiger charge is 2.25. The number of halogens is 1. The molecule has 132 valence electrons. The number of allylic oxidation sites excluding steroid dienone is 2. The molecule has 0 radical (unpaired) electrons. The fraction of sp³-hybridized carbons (Fsp3) is 0.471. The van der Waals surface area contributed by atoms with Gasteiger partial charge in [-0.1, -0.05) is 30.7 Å². The van der Waals surface area contributed by atoms with Gasteiger partial charge in [0.15, 0.2) is 0 Å². The van der Waals surface area contributed by atoms with Crippen LogP contribution in [-0.4, -0.2) is 38.9 Å². The minimum atomic E-state index is -3.74. The molecule has 0 aliphatic heterocycles. The summed E-state index contributed by atoms with van der Waals surface area (Å²) in [5, 5.41) is 0.451. The molecule has 2 atom stereocenters. The van der Waals surface area contributed by atoms with E-state index in [4.69, 9.17) is 16.3 Å². The molecule has 0 aromatic heterocycles. The van der Waals surface area contributed by atoms with E-state index in [0.29, 0.717) is 17.5 Å². The molecule has 1 aromatic carbocycles. The van der Waals surface area contributed by atoms with E-state index in [1.807, 2.05) is 0 Å². The second-order valence-electron chi connectivity index (χ2n) is 6.08. The molecule has 24 heavy (non-hydrogen) atoms. The summed E-state index contributed by atoms with van der Waals surface area (Å²) >= 11 is 5.77. The van der Waals surface area contributed by atoms with Crippen molar-refractivity contribution in [2.75, 3.05) is 20.2 Å². The van der Waals surface area contributed by atoms with Crippen LogP contribution in [0.3, 0.4) is 0 Å². The van der Waals surface area contributed by atoms with Crippen LogP contribution < -0.4 is 0 Å². The number of hydrogen-bond donors (Lipinski definition) is 0. The Morgan fingerprint density at radius 1 is 1.25 bits per heavy atom. The number of ether oxygens (including phenoxy) is 1. The summed E-state index contributed by atoms with van der Waals surface area (Å²) in [6.07, 6.45) is 6.09. The van der Waals surface area contributed by atoms with E-state index in [-0.39, 0.29) is 17.4 Å². The van der Waals surface area contributed by atoms with E-state index in [1.54, 1.807) is 0 Å². The SMILES string of the molecule is CC1CC=CCC1COC(=O)CN(C)S(=O)(=O)c1ccc(Cl)cc1. The average molecular weight is 372 g/mol. The van der Waals surface area contributed by atoms with Crippen LogP contribution in [0.5, 0.6) is 0 Å². The summed E-state index contributed by atoms with van der Waals surface area (Å²) < 4.78 is 31.1. The Balaban J connectivity index is 1.90. The van der Waals surface area contributed by atoms with Gasteiger partial charge in [0, 0.05) is 12.1 Å². The van der Waals surface area contributed by atoms with E-state index >= 15 is 0 Å². The summed E-state index contributed by atoms with van der Waals surface area (Å²) in [5.74, 6) is 0.201. The number of sulfonamides is 1. The smallest absolute Gasteiger partial charge is 0.321 e. The lowest BCUT2D eigenvalue weighted by atomic mass is 9.85. The normalized spacial score (nSPS) is 21.0. The monoisotopic (exact) mass is 371 g/mol. The van der Waals surface area contributed by atoms with E-state index in [9.17, 15) is 13.2 Å². The molecule has 1 aliphatic carbocycles. The highest BCUT2D eigenvalue weighted by atomic mass is 35.5. The van der Waals surface area contributed by atoms with Gasteiger partial charge in [-0.15, -0.1) is 0 Å². The number of hydrogen-bond acceptors (Lipinski definition) is 4. The fourth-order valence-electron chi connectivity index (χ4n) is 2.54. The van der Waals surface area contributed by atoms with Gasteiger partial charge in [0.2, 0.25) is 10.0 Å². The molecule has 0 spiro atoms. The standard InChI is InChI=1S/C17H22ClNO4S/c1-13-5-3-4-6-14(13)12-23-17(20)11-19(2)24(21,22)16-9-7-15(18)8-10-16/h3-4,7-10,13-14H,5-6,11-12H2,1-2H3. The van der Waals surface area contributed by atoms with Gasteiger partial charge in [0.05, 0.1) is 11.5 Å². The topological polar surface area (TPSA) is 63.7 Å². The Labute approximate surface area is 148 Å². The molecule has 0 fully saturated rings. The zero-order chi connectivity index (χ0) is 17.7. The molecule has 0 amide bonds. The molecule has 0 N–H and O–H groups in total. The third-order valence-corrected chi connectivity index (χ3v) is 6.32. The summed E-state index contributed by atoms with van der Waals surface area (Å²) in [5.41, 5.74) is 0. The van der Waals surface area contributed by atoms with Crippen molar-refractivity contribution in [2.24, 2.45) is 11.8 Å². The molecule has 0 heterocycles. The fourth-order valence-corrected chi connectivity index (χ4v) is 3.78. The van der Waals surface area contributed by atoms with Crippen LogP contribution in [0.15, 0.2) is 41.3 Å².